The van der Waals surface area contributed by atoms with Crippen molar-refractivity contribution in [2.75, 3.05) is 19.7 Å². The van der Waals surface area contributed by atoms with Crippen LogP contribution in [0.4, 0.5) is 0 Å². The van der Waals surface area contributed by atoms with Crippen molar-refractivity contribution < 1.29 is 4.74 Å². The molecule has 4 nitrogen and oxygen atoms in total. The Morgan fingerprint density at radius 3 is 3.31 bits per heavy atom. The van der Waals surface area contributed by atoms with Gasteiger partial charge in [-0.1, -0.05) is 6.92 Å². The molecule has 2 fully saturated rings. The molecule has 3 heterocycles. The van der Waals surface area contributed by atoms with Crippen molar-refractivity contribution in [3.8, 4) is 0 Å². The first kappa shape index (κ1) is 10.3. The van der Waals surface area contributed by atoms with Crippen LogP contribution in [0.2, 0.25) is 0 Å². The molecule has 2 aliphatic rings. The number of ether oxygens (including phenoxy) is 1. The molecule has 2 aliphatic heterocycles. The lowest BCUT2D eigenvalue weighted by atomic mass is 9.95. The van der Waals surface area contributed by atoms with Crippen LogP contribution in [0.5, 0.6) is 0 Å². The summed E-state index contributed by atoms with van der Waals surface area (Å²) in [5.74, 6) is 0.729. The molecule has 1 aromatic heterocycles. The van der Waals surface area contributed by atoms with Crippen LogP contribution in [0.25, 0.3) is 0 Å². The van der Waals surface area contributed by atoms with E-state index in [0.29, 0.717) is 0 Å². The van der Waals surface area contributed by atoms with E-state index in [-0.39, 0.29) is 5.60 Å². The summed E-state index contributed by atoms with van der Waals surface area (Å²) in [4.78, 5) is 2.46. The molecule has 0 bridgehead atoms. The minimum absolute atomic E-state index is 0.166. The van der Waals surface area contributed by atoms with Gasteiger partial charge in [-0.2, -0.15) is 5.10 Å². The van der Waals surface area contributed by atoms with Crippen molar-refractivity contribution in [3.63, 3.8) is 0 Å². The second-order valence-electron chi connectivity index (χ2n) is 5.35. The Morgan fingerprint density at radius 1 is 1.69 bits per heavy atom. The highest BCUT2D eigenvalue weighted by molar-refractivity contribution is 5.01. The lowest BCUT2D eigenvalue weighted by Crippen LogP contribution is -2.32. The fraction of sp³-hybridized carbons (Fsp3) is 0.750. The summed E-state index contributed by atoms with van der Waals surface area (Å²) < 4.78 is 6.00. The Bertz CT molecular complexity index is 351. The van der Waals surface area contributed by atoms with Crippen LogP contribution in [-0.2, 0) is 11.3 Å². The van der Waals surface area contributed by atoms with Gasteiger partial charge in [-0.25, -0.2) is 0 Å². The van der Waals surface area contributed by atoms with Crippen LogP contribution < -0.4 is 0 Å². The third-order valence-corrected chi connectivity index (χ3v) is 3.74. The number of H-pyrrole nitrogens is 1. The van der Waals surface area contributed by atoms with Gasteiger partial charge < -0.3 is 4.74 Å². The Labute approximate surface area is 96.0 Å². The molecule has 16 heavy (non-hydrogen) atoms. The lowest BCUT2D eigenvalue weighted by molar-refractivity contribution is 0.0112. The molecule has 0 amide bonds. The summed E-state index contributed by atoms with van der Waals surface area (Å²) in [6.45, 7) is 6.42. The van der Waals surface area contributed by atoms with Gasteiger partial charge in [0.15, 0.2) is 0 Å². The average Bonchev–Trinajstić information content (AvgIpc) is 2.93. The molecule has 4 heteroatoms. The predicted molar refractivity (Wildman–Crippen MR) is 60.9 cm³/mol. The largest absolute Gasteiger partial charge is 0.373 e. The zero-order valence-electron chi connectivity index (χ0n) is 9.78. The van der Waals surface area contributed by atoms with Crippen molar-refractivity contribution in [3.05, 3.63) is 18.0 Å². The molecule has 1 aromatic rings. The normalized spacial score (nSPS) is 35.2. The van der Waals surface area contributed by atoms with Crippen molar-refractivity contribution in [2.45, 2.75) is 31.9 Å². The number of hydrogen-bond donors (Lipinski definition) is 1. The fourth-order valence-corrected chi connectivity index (χ4v) is 3.03. The van der Waals surface area contributed by atoms with Gasteiger partial charge in [0.2, 0.25) is 0 Å². The van der Waals surface area contributed by atoms with Gasteiger partial charge in [0.05, 0.1) is 12.2 Å². The number of rotatable bonds is 2. The second-order valence-corrected chi connectivity index (χ2v) is 5.35. The number of nitrogens with zero attached hydrogens (tertiary/aromatic N) is 2. The molecule has 2 atom stereocenters. The molecule has 3 rings (SSSR count). The quantitative estimate of drug-likeness (QED) is 0.821. The summed E-state index contributed by atoms with van der Waals surface area (Å²) in [5, 5.41) is 7.00. The first-order chi connectivity index (χ1) is 7.76. The molecular weight excluding hydrogens is 202 g/mol. The molecule has 0 radical (unpaired) electrons. The number of aromatic amines is 1. The molecule has 0 aromatic carbocycles. The highest BCUT2D eigenvalue weighted by atomic mass is 16.5. The van der Waals surface area contributed by atoms with E-state index in [9.17, 15) is 0 Å². The fourth-order valence-electron chi connectivity index (χ4n) is 3.03. The van der Waals surface area contributed by atoms with Gasteiger partial charge in [0.25, 0.3) is 0 Å². The van der Waals surface area contributed by atoms with Crippen molar-refractivity contribution in [1.29, 1.82) is 0 Å². The first-order valence-electron chi connectivity index (χ1n) is 6.10. The van der Waals surface area contributed by atoms with E-state index in [4.69, 9.17) is 4.74 Å². The maximum absolute atomic E-state index is 6.00. The standard InChI is InChI=1S/C12H19N3O/c1-10-6-12(16-8-10)3-5-15(9-12)7-11-2-4-13-14-11/h2,4,10H,3,5-9H2,1H3,(H,13,14). The summed E-state index contributed by atoms with van der Waals surface area (Å²) in [6, 6.07) is 2.04. The minimum atomic E-state index is 0.166. The van der Waals surface area contributed by atoms with Crippen molar-refractivity contribution in [1.82, 2.24) is 15.1 Å². The van der Waals surface area contributed by atoms with Gasteiger partial charge in [0.1, 0.15) is 0 Å². The van der Waals surface area contributed by atoms with E-state index < -0.39 is 0 Å². The second kappa shape index (κ2) is 3.86. The molecule has 2 unspecified atom stereocenters. The highest BCUT2D eigenvalue weighted by Crippen LogP contribution is 2.37. The topological polar surface area (TPSA) is 41.1 Å². The maximum atomic E-state index is 6.00. The first-order valence-corrected chi connectivity index (χ1v) is 6.10. The Hall–Kier alpha value is -0.870. The van der Waals surface area contributed by atoms with E-state index >= 15 is 0 Å². The summed E-state index contributed by atoms with van der Waals surface area (Å²) in [7, 11) is 0. The van der Waals surface area contributed by atoms with Gasteiger partial charge in [-0.05, 0) is 24.8 Å². The molecule has 1 N–H and O–H groups in total. The Morgan fingerprint density at radius 2 is 2.62 bits per heavy atom. The maximum Gasteiger partial charge on any atom is 0.0824 e. The van der Waals surface area contributed by atoms with Gasteiger partial charge >= 0.3 is 0 Å². The molecular formula is C12H19N3O. The van der Waals surface area contributed by atoms with Gasteiger partial charge in [0, 0.05) is 31.5 Å². The average molecular weight is 221 g/mol. The van der Waals surface area contributed by atoms with E-state index in [1.54, 1.807) is 0 Å². The predicted octanol–water partition coefficient (Wildman–Crippen LogP) is 1.41. The number of aromatic nitrogens is 2. The van der Waals surface area contributed by atoms with Crippen LogP contribution in [0.15, 0.2) is 12.3 Å². The summed E-state index contributed by atoms with van der Waals surface area (Å²) in [6.07, 6.45) is 4.23. The number of nitrogens with one attached hydrogen (secondary N) is 1. The summed E-state index contributed by atoms with van der Waals surface area (Å²) in [5.41, 5.74) is 1.36. The van der Waals surface area contributed by atoms with Crippen LogP contribution in [0, 0.1) is 5.92 Å². The zero-order valence-corrected chi connectivity index (χ0v) is 9.78. The zero-order chi connectivity index (χ0) is 11.0. The van der Waals surface area contributed by atoms with Gasteiger partial charge in [-0.3, -0.25) is 10.00 Å². The van der Waals surface area contributed by atoms with E-state index in [0.717, 1.165) is 32.2 Å². The summed E-state index contributed by atoms with van der Waals surface area (Å²) >= 11 is 0. The monoisotopic (exact) mass is 221 g/mol. The van der Waals surface area contributed by atoms with Crippen LogP contribution in [0.3, 0.4) is 0 Å². The van der Waals surface area contributed by atoms with E-state index in [1.165, 1.54) is 18.5 Å². The molecule has 1 spiro atoms. The minimum Gasteiger partial charge on any atom is -0.373 e. The van der Waals surface area contributed by atoms with Crippen LogP contribution in [-0.4, -0.2) is 40.4 Å². The van der Waals surface area contributed by atoms with E-state index in [1.807, 2.05) is 12.3 Å². The van der Waals surface area contributed by atoms with Crippen molar-refractivity contribution >= 4 is 0 Å². The molecule has 0 saturated carbocycles. The Kier molecular flexibility index (Phi) is 2.48. The lowest BCUT2D eigenvalue weighted by Gasteiger charge is -2.23. The van der Waals surface area contributed by atoms with Gasteiger partial charge in [-0.15, -0.1) is 0 Å². The Balaban J connectivity index is 1.61. The van der Waals surface area contributed by atoms with E-state index in [2.05, 4.69) is 22.0 Å². The highest BCUT2D eigenvalue weighted by Gasteiger charge is 2.44. The van der Waals surface area contributed by atoms with Crippen LogP contribution >= 0.6 is 0 Å². The van der Waals surface area contributed by atoms with Crippen molar-refractivity contribution in [2.24, 2.45) is 5.92 Å². The third-order valence-electron chi connectivity index (χ3n) is 3.74. The SMILES string of the molecule is CC1COC2(CCN(Cc3ccn[nH]3)C2)C1. The number of likely N-dealkylation sites (tertiary alicyclic amines) is 1. The third kappa shape index (κ3) is 1.87. The molecule has 0 aliphatic carbocycles. The van der Waals surface area contributed by atoms with Crippen LogP contribution in [0.1, 0.15) is 25.5 Å². The number of hydrogen-bond acceptors (Lipinski definition) is 3. The molecule has 2 saturated heterocycles. The smallest absolute Gasteiger partial charge is 0.0824 e. The molecule has 88 valence electrons.